The molecule has 0 fully saturated rings. The quantitative estimate of drug-likeness (QED) is 0.204. The number of hydrogen-bond acceptors (Lipinski definition) is 5. The summed E-state index contributed by atoms with van der Waals surface area (Å²) in [5.41, 5.74) is 0.757. The average Bonchev–Trinajstić information content (AvgIpc) is 2.98. The van der Waals surface area contributed by atoms with Gasteiger partial charge in [-0.1, -0.05) is 35.9 Å². The predicted octanol–water partition coefficient (Wildman–Crippen LogP) is 6.45. The second-order valence-electron chi connectivity index (χ2n) is 10.5. The second kappa shape index (κ2) is 12.6. The van der Waals surface area contributed by atoms with E-state index in [9.17, 15) is 41.1 Å². The fraction of sp³-hybridized carbons (Fsp3) is 0.182. The molecule has 0 aromatic heterocycles. The van der Waals surface area contributed by atoms with E-state index in [-0.39, 0.29) is 32.8 Å². The lowest BCUT2D eigenvalue weighted by atomic mass is 9.85. The van der Waals surface area contributed by atoms with Crippen LogP contribution in [0.15, 0.2) is 88.7 Å². The summed E-state index contributed by atoms with van der Waals surface area (Å²) < 4.78 is 69.8. The third-order valence-electron chi connectivity index (χ3n) is 7.31. The minimum absolute atomic E-state index is 0.0225. The number of aryl methyl sites for hydroxylation is 3. The van der Waals surface area contributed by atoms with Crippen molar-refractivity contribution < 1.29 is 41.1 Å². The number of carbonyl (C=O) groups is 3. The van der Waals surface area contributed by atoms with Gasteiger partial charge in [-0.15, -0.1) is 0 Å². The maximum Gasteiger partial charge on any atom is 0.399 e. The van der Waals surface area contributed by atoms with Crippen LogP contribution in [0.3, 0.4) is 0 Å². The number of nitrogens with one attached hydrogen (secondary N) is 2. The van der Waals surface area contributed by atoms with Crippen molar-refractivity contribution in [2.45, 2.75) is 42.7 Å². The van der Waals surface area contributed by atoms with Crippen molar-refractivity contribution in [3.8, 4) is 0 Å². The number of carbonyl (C=O) groups excluding carboxylic acids is 2. The highest BCUT2D eigenvalue weighted by Crippen LogP contribution is 2.43. The van der Waals surface area contributed by atoms with Gasteiger partial charge in [-0.05, 0) is 91.6 Å². The number of halogens is 3. The van der Waals surface area contributed by atoms with Crippen molar-refractivity contribution in [1.29, 1.82) is 0 Å². The first-order valence-electron chi connectivity index (χ1n) is 13.5. The van der Waals surface area contributed by atoms with Crippen molar-refractivity contribution in [1.82, 2.24) is 5.32 Å². The van der Waals surface area contributed by atoms with E-state index >= 15 is 0 Å². The molecule has 0 aliphatic carbocycles. The van der Waals surface area contributed by atoms with E-state index in [2.05, 4.69) is 10.6 Å². The van der Waals surface area contributed by atoms with E-state index in [0.717, 1.165) is 29.8 Å². The Kier molecular flexibility index (Phi) is 9.19. The van der Waals surface area contributed by atoms with E-state index in [1.165, 1.54) is 56.4 Å². The van der Waals surface area contributed by atoms with E-state index in [1.54, 1.807) is 26.0 Å². The van der Waals surface area contributed by atoms with Gasteiger partial charge in [-0.3, -0.25) is 9.59 Å². The molecule has 8 nitrogen and oxygen atoms in total. The molecule has 4 aromatic carbocycles. The minimum atomic E-state index is -4.61. The topological polar surface area (TPSA) is 130 Å². The summed E-state index contributed by atoms with van der Waals surface area (Å²) in [6.07, 6.45) is -4.61. The summed E-state index contributed by atoms with van der Waals surface area (Å²) in [5, 5.41) is 14.6. The molecular formula is C33H29F3N2O6S. The van der Waals surface area contributed by atoms with Crippen LogP contribution in [0.2, 0.25) is 0 Å². The molecular weight excluding hydrogens is 609 g/mol. The lowest BCUT2D eigenvalue weighted by Crippen LogP contribution is -2.24. The Morgan fingerprint density at radius 1 is 0.756 bits per heavy atom. The Bertz CT molecular complexity index is 1940. The number of amides is 2. The highest BCUT2D eigenvalue weighted by molar-refractivity contribution is 7.91. The van der Waals surface area contributed by atoms with Gasteiger partial charge in [-0.25, -0.2) is 13.2 Å². The van der Waals surface area contributed by atoms with E-state index in [0.29, 0.717) is 5.56 Å². The number of benzene rings is 4. The molecule has 234 valence electrons. The van der Waals surface area contributed by atoms with Crippen LogP contribution in [-0.2, 0) is 9.84 Å². The monoisotopic (exact) mass is 638 g/mol. The number of carboxylic acids is 1. The number of hydrogen-bond donors (Lipinski definition) is 3. The van der Waals surface area contributed by atoms with Crippen LogP contribution in [0.25, 0.3) is 0 Å². The third-order valence-corrected chi connectivity index (χ3v) is 9.06. The van der Waals surface area contributed by atoms with E-state index < -0.39 is 55.7 Å². The van der Waals surface area contributed by atoms with E-state index in [4.69, 9.17) is 0 Å². The normalized spacial score (nSPS) is 12.3. The summed E-state index contributed by atoms with van der Waals surface area (Å²) in [5.74, 6) is -4.94. The zero-order valence-electron chi connectivity index (χ0n) is 24.6. The number of aromatic carboxylic acids is 1. The molecule has 0 spiro atoms. The molecule has 3 N–H and O–H groups in total. The van der Waals surface area contributed by atoms with Gasteiger partial charge in [0.1, 0.15) is 5.92 Å². The van der Waals surface area contributed by atoms with Crippen LogP contribution in [0.1, 0.15) is 64.8 Å². The molecule has 0 saturated carbocycles. The first kappa shape index (κ1) is 32.9. The molecule has 0 heterocycles. The molecule has 12 heteroatoms. The Morgan fingerprint density at radius 2 is 1.38 bits per heavy atom. The maximum absolute atomic E-state index is 14.3. The van der Waals surface area contributed by atoms with Gasteiger partial charge in [0.25, 0.3) is 11.8 Å². The van der Waals surface area contributed by atoms with Gasteiger partial charge >= 0.3 is 12.1 Å². The highest BCUT2D eigenvalue weighted by Gasteiger charge is 2.43. The zero-order chi connectivity index (χ0) is 33.3. The molecule has 0 radical (unpaired) electrons. The summed E-state index contributed by atoms with van der Waals surface area (Å²) in [4.78, 5) is 36.6. The minimum Gasteiger partial charge on any atom is -0.478 e. The smallest absolute Gasteiger partial charge is 0.399 e. The molecule has 45 heavy (non-hydrogen) atoms. The van der Waals surface area contributed by atoms with Crippen LogP contribution < -0.4 is 10.6 Å². The van der Waals surface area contributed by atoms with E-state index in [1.807, 2.05) is 0 Å². The van der Waals surface area contributed by atoms with Crippen molar-refractivity contribution in [2.75, 3.05) is 12.4 Å². The molecule has 0 bridgehead atoms. The van der Waals surface area contributed by atoms with Gasteiger partial charge in [0.15, 0.2) is 0 Å². The standard InChI is InChI=1S/C33H29F3N2O6S/c1-18-8-11-25(19(2)14-18)29(33(34,35)36)26-12-9-22(15-20(26)3)38-31(40)28-17-24(10-13-27(28)32(41)42)45(43,44)23-7-5-6-21(16-23)30(39)37-4/h5-17,29H,1-4H3,(H,37,39)(H,38,40)(H,41,42). The van der Waals surface area contributed by atoms with Crippen LogP contribution in [-0.4, -0.2) is 44.5 Å². The summed E-state index contributed by atoms with van der Waals surface area (Å²) in [6, 6.07) is 16.7. The maximum atomic E-state index is 14.3. The fourth-order valence-corrected chi connectivity index (χ4v) is 6.43. The SMILES string of the molecule is CNC(=O)c1cccc(S(=O)(=O)c2ccc(C(=O)O)c(C(=O)Nc3ccc(C(c4ccc(C)cc4C)C(F)(F)F)c(C)c3)c2)c1. The van der Waals surface area contributed by atoms with Gasteiger partial charge in [-0.2, -0.15) is 13.2 Å². The lowest BCUT2D eigenvalue weighted by Gasteiger charge is -2.25. The second-order valence-corrected chi connectivity index (χ2v) is 12.4. The van der Waals surface area contributed by atoms with Gasteiger partial charge in [0, 0.05) is 18.3 Å². The molecule has 2 amide bonds. The number of anilines is 1. The molecule has 1 unspecified atom stereocenters. The fourth-order valence-electron chi connectivity index (χ4n) is 5.10. The van der Waals surface area contributed by atoms with Crippen molar-refractivity contribution in [2.24, 2.45) is 0 Å². The Morgan fingerprint density at radius 3 is 1.96 bits per heavy atom. The highest BCUT2D eigenvalue weighted by atomic mass is 32.2. The van der Waals surface area contributed by atoms with Gasteiger partial charge < -0.3 is 15.7 Å². The molecule has 4 rings (SSSR count). The molecule has 0 aliphatic heterocycles. The summed E-state index contributed by atoms with van der Waals surface area (Å²) in [7, 11) is -2.92. The largest absolute Gasteiger partial charge is 0.478 e. The van der Waals surface area contributed by atoms with Crippen molar-refractivity contribution in [3.63, 3.8) is 0 Å². The Hall–Kier alpha value is -4.97. The van der Waals surface area contributed by atoms with Crippen molar-refractivity contribution in [3.05, 3.63) is 123 Å². The first-order chi connectivity index (χ1) is 21.0. The molecule has 0 aliphatic rings. The van der Waals surface area contributed by atoms with Crippen molar-refractivity contribution >= 4 is 33.3 Å². The van der Waals surface area contributed by atoms with Crippen LogP contribution in [0.5, 0.6) is 0 Å². The molecule has 0 saturated heterocycles. The third kappa shape index (κ3) is 6.91. The Labute approximate surface area is 257 Å². The predicted molar refractivity (Wildman–Crippen MR) is 162 cm³/mol. The van der Waals surface area contributed by atoms with Gasteiger partial charge in [0.2, 0.25) is 9.84 Å². The Balaban J connectivity index is 1.70. The van der Waals surface area contributed by atoms with Gasteiger partial charge in [0.05, 0.1) is 20.9 Å². The average molecular weight is 639 g/mol. The number of sulfone groups is 1. The zero-order valence-corrected chi connectivity index (χ0v) is 25.4. The summed E-state index contributed by atoms with van der Waals surface area (Å²) >= 11 is 0. The number of rotatable bonds is 8. The summed E-state index contributed by atoms with van der Waals surface area (Å²) in [6.45, 7) is 4.86. The lowest BCUT2D eigenvalue weighted by molar-refractivity contribution is -0.141. The number of carboxylic acid groups (broad SMARTS) is 1. The molecule has 1 atom stereocenters. The first-order valence-corrected chi connectivity index (χ1v) is 15.0. The number of alkyl halides is 3. The molecule has 4 aromatic rings. The van der Waals surface area contributed by atoms with Crippen LogP contribution in [0, 0.1) is 20.8 Å². The van der Waals surface area contributed by atoms with Crippen LogP contribution >= 0.6 is 0 Å². The van der Waals surface area contributed by atoms with Crippen LogP contribution in [0.4, 0.5) is 18.9 Å².